The van der Waals surface area contributed by atoms with Crippen molar-refractivity contribution >= 4 is 5.91 Å². The number of benzene rings is 2. The molecule has 0 radical (unpaired) electrons. The first-order chi connectivity index (χ1) is 13.1. The van der Waals surface area contributed by atoms with Gasteiger partial charge in [-0.15, -0.1) is 0 Å². The molecule has 0 bridgehead atoms. The van der Waals surface area contributed by atoms with E-state index in [-0.39, 0.29) is 17.7 Å². The Balaban J connectivity index is 1.46. The molecule has 1 aliphatic rings. The summed E-state index contributed by atoms with van der Waals surface area (Å²) in [4.78, 5) is 19.3. The van der Waals surface area contributed by atoms with Gasteiger partial charge in [0.1, 0.15) is 11.6 Å². The number of amides is 1. The Morgan fingerprint density at radius 2 is 1.85 bits per heavy atom. The highest BCUT2D eigenvalue weighted by molar-refractivity contribution is 5.77. The van der Waals surface area contributed by atoms with Gasteiger partial charge in [-0.25, -0.2) is 9.67 Å². The summed E-state index contributed by atoms with van der Waals surface area (Å²) < 4.78 is 1.91. The van der Waals surface area contributed by atoms with Gasteiger partial charge >= 0.3 is 0 Å². The zero-order chi connectivity index (χ0) is 18.8. The smallest absolute Gasteiger partial charge is 0.223 e. The molecule has 6 nitrogen and oxygen atoms in total. The second-order valence-corrected chi connectivity index (χ2v) is 6.81. The molecule has 2 heterocycles. The highest BCUT2D eigenvalue weighted by Crippen LogP contribution is 2.27. The molecule has 27 heavy (non-hydrogen) atoms. The molecule has 2 aromatic carbocycles. The summed E-state index contributed by atoms with van der Waals surface area (Å²) in [6.07, 6.45) is 1.10. The third-order valence-electron chi connectivity index (χ3n) is 5.01. The van der Waals surface area contributed by atoms with Gasteiger partial charge in [0.05, 0.1) is 12.6 Å². The van der Waals surface area contributed by atoms with Crippen LogP contribution in [0.2, 0.25) is 0 Å². The van der Waals surface area contributed by atoms with Crippen LogP contribution >= 0.6 is 0 Å². The molecule has 138 valence electrons. The number of aryl methyl sites for hydroxylation is 1. The molecule has 0 spiro atoms. The number of phenolic OH excluding ortho intramolecular Hbond substituents is 1. The first-order valence-electron chi connectivity index (χ1n) is 9.19. The van der Waals surface area contributed by atoms with Crippen LogP contribution in [0.4, 0.5) is 0 Å². The standard InChI is InChI=1S/C21H22N4O2/c1-15-21-22-20(17-5-3-2-4-6-17)23-25(21)14-13-24(15)19(27)12-9-16-7-10-18(26)11-8-16/h2-8,10-11,15,26H,9,12-14H2,1H3/t15-/m0/s1. The molecule has 1 aliphatic heterocycles. The van der Waals surface area contributed by atoms with Crippen LogP contribution in [-0.4, -0.2) is 37.2 Å². The molecular weight excluding hydrogens is 340 g/mol. The van der Waals surface area contributed by atoms with Gasteiger partial charge in [-0.2, -0.15) is 5.10 Å². The Labute approximate surface area is 158 Å². The largest absolute Gasteiger partial charge is 0.508 e. The minimum absolute atomic E-state index is 0.101. The SMILES string of the molecule is C[C@H]1c2nc(-c3ccccc3)nn2CCN1C(=O)CCc1ccc(O)cc1. The van der Waals surface area contributed by atoms with Crippen molar-refractivity contribution in [1.82, 2.24) is 19.7 Å². The van der Waals surface area contributed by atoms with Gasteiger partial charge in [0.2, 0.25) is 5.91 Å². The van der Waals surface area contributed by atoms with Crippen molar-refractivity contribution in [2.24, 2.45) is 0 Å². The maximum Gasteiger partial charge on any atom is 0.223 e. The Morgan fingerprint density at radius 3 is 2.59 bits per heavy atom. The van der Waals surface area contributed by atoms with Gasteiger partial charge in [-0.1, -0.05) is 42.5 Å². The second-order valence-electron chi connectivity index (χ2n) is 6.81. The summed E-state index contributed by atoms with van der Waals surface area (Å²) in [5.41, 5.74) is 2.03. The Hall–Kier alpha value is -3.15. The average Bonchev–Trinajstić information content (AvgIpc) is 3.14. The van der Waals surface area contributed by atoms with E-state index >= 15 is 0 Å². The van der Waals surface area contributed by atoms with Crippen molar-refractivity contribution < 1.29 is 9.90 Å². The number of carbonyl (C=O) groups excluding carboxylic acids is 1. The molecule has 6 heteroatoms. The topological polar surface area (TPSA) is 71.2 Å². The van der Waals surface area contributed by atoms with E-state index in [9.17, 15) is 9.90 Å². The fraction of sp³-hybridized carbons (Fsp3) is 0.286. The summed E-state index contributed by atoms with van der Waals surface area (Å²) in [5.74, 6) is 1.89. The molecule has 1 N–H and O–H groups in total. The number of phenols is 1. The number of hydrogen-bond acceptors (Lipinski definition) is 4. The van der Waals surface area contributed by atoms with Crippen LogP contribution < -0.4 is 0 Å². The molecule has 0 fully saturated rings. The van der Waals surface area contributed by atoms with E-state index in [0.717, 1.165) is 17.0 Å². The van der Waals surface area contributed by atoms with Crippen LogP contribution in [-0.2, 0) is 17.8 Å². The highest BCUT2D eigenvalue weighted by Gasteiger charge is 2.30. The van der Waals surface area contributed by atoms with Gasteiger partial charge in [-0.3, -0.25) is 4.79 Å². The van der Waals surface area contributed by atoms with Crippen LogP contribution in [0, 0.1) is 0 Å². The Morgan fingerprint density at radius 1 is 1.11 bits per heavy atom. The molecule has 1 atom stereocenters. The maximum atomic E-state index is 12.8. The Bertz CT molecular complexity index is 935. The molecule has 1 aromatic heterocycles. The monoisotopic (exact) mass is 362 g/mol. The van der Waals surface area contributed by atoms with Crippen LogP contribution in [0.5, 0.6) is 5.75 Å². The Kier molecular flexibility index (Phi) is 4.62. The van der Waals surface area contributed by atoms with E-state index in [1.807, 2.05) is 59.0 Å². The summed E-state index contributed by atoms with van der Waals surface area (Å²) in [6.45, 7) is 3.30. The first kappa shape index (κ1) is 17.3. The van der Waals surface area contributed by atoms with Crippen molar-refractivity contribution in [3.05, 3.63) is 66.0 Å². The van der Waals surface area contributed by atoms with E-state index in [1.165, 1.54) is 0 Å². The van der Waals surface area contributed by atoms with E-state index in [0.29, 0.717) is 31.8 Å². The highest BCUT2D eigenvalue weighted by atomic mass is 16.3. The van der Waals surface area contributed by atoms with E-state index in [4.69, 9.17) is 4.98 Å². The number of carbonyl (C=O) groups is 1. The van der Waals surface area contributed by atoms with Crippen LogP contribution in [0.25, 0.3) is 11.4 Å². The van der Waals surface area contributed by atoms with Crippen LogP contribution in [0.1, 0.15) is 30.8 Å². The molecule has 3 aromatic rings. The average molecular weight is 362 g/mol. The fourth-order valence-electron chi connectivity index (χ4n) is 3.47. The number of nitrogens with zero attached hydrogens (tertiary/aromatic N) is 4. The summed E-state index contributed by atoms with van der Waals surface area (Å²) in [5, 5.41) is 14.0. The van der Waals surface area contributed by atoms with E-state index < -0.39 is 0 Å². The summed E-state index contributed by atoms with van der Waals surface area (Å²) >= 11 is 0. The molecule has 0 saturated heterocycles. The minimum atomic E-state index is -0.101. The normalized spacial score (nSPS) is 16.2. The van der Waals surface area contributed by atoms with Gasteiger partial charge in [-0.05, 0) is 31.0 Å². The van der Waals surface area contributed by atoms with Crippen molar-refractivity contribution in [1.29, 1.82) is 0 Å². The maximum absolute atomic E-state index is 12.8. The van der Waals surface area contributed by atoms with Crippen molar-refractivity contribution in [2.45, 2.75) is 32.4 Å². The number of rotatable bonds is 4. The number of aromatic nitrogens is 3. The lowest BCUT2D eigenvalue weighted by molar-refractivity contribution is -0.134. The quantitative estimate of drug-likeness (QED) is 0.774. The van der Waals surface area contributed by atoms with Crippen LogP contribution in [0.3, 0.4) is 0 Å². The lowest BCUT2D eigenvalue weighted by Crippen LogP contribution is -2.41. The predicted molar refractivity (Wildman–Crippen MR) is 102 cm³/mol. The first-order valence-corrected chi connectivity index (χ1v) is 9.19. The minimum Gasteiger partial charge on any atom is -0.508 e. The van der Waals surface area contributed by atoms with Gasteiger partial charge < -0.3 is 10.0 Å². The summed E-state index contributed by atoms with van der Waals surface area (Å²) in [6, 6.07) is 16.8. The zero-order valence-corrected chi connectivity index (χ0v) is 15.2. The molecule has 1 amide bonds. The van der Waals surface area contributed by atoms with Gasteiger partial charge in [0, 0.05) is 18.5 Å². The predicted octanol–water partition coefficient (Wildman–Crippen LogP) is 3.19. The van der Waals surface area contributed by atoms with Gasteiger partial charge in [0.15, 0.2) is 5.82 Å². The van der Waals surface area contributed by atoms with Crippen LogP contribution in [0.15, 0.2) is 54.6 Å². The number of aromatic hydroxyl groups is 1. The summed E-state index contributed by atoms with van der Waals surface area (Å²) in [7, 11) is 0. The third-order valence-corrected chi connectivity index (χ3v) is 5.01. The fourth-order valence-corrected chi connectivity index (χ4v) is 3.47. The molecule has 4 rings (SSSR count). The molecule has 0 saturated carbocycles. The molecular formula is C21H22N4O2. The molecule has 0 unspecified atom stereocenters. The number of fused-ring (bicyclic) bond motifs is 1. The lowest BCUT2D eigenvalue weighted by Gasteiger charge is -2.33. The third kappa shape index (κ3) is 3.56. The number of hydrogen-bond donors (Lipinski definition) is 1. The lowest BCUT2D eigenvalue weighted by atomic mass is 10.1. The zero-order valence-electron chi connectivity index (χ0n) is 15.2. The molecule has 0 aliphatic carbocycles. The van der Waals surface area contributed by atoms with E-state index in [2.05, 4.69) is 5.10 Å². The van der Waals surface area contributed by atoms with Crippen molar-refractivity contribution in [3.8, 4) is 17.1 Å². The van der Waals surface area contributed by atoms with Gasteiger partial charge in [0.25, 0.3) is 0 Å². The van der Waals surface area contributed by atoms with Crippen molar-refractivity contribution in [2.75, 3.05) is 6.54 Å². The van der Waals surface area contributed by atoms with E-state index in [1.54, 1.807) is 12.1 Å². The second kappa shape index (κ2) is 7.23. The van der Waals surface area contributed by atoms with Crippen molar-refractivity contribution in [3.63, 3.8) is 0 Å².